The van der Waals surface area contributed by atoms with Crippen LogP contribution in [-0.2, 0) is 14.3 Å². The summed E-state index contributed by atoms with van der Waals surface area (Å²) in [4.78, 5) is 22.8. The van der Waals surface area contributed by atoms with E-state index in [1.807, 2.05) is 0 Å². The Balaban J connectivity index is 2.64. The summed E-state index contributed by atoms with van der Waals surface area (Å²) in [6, 6.07) is 0. The molecule has 14 heavy (non-hydrogen) atoms. The van der Waals surface area contributed by atoms with Gasteiger partial charge in [-0.2, -0.15) is 0 Å². The van der Waals surface area contributed by atoms with E-state index in [0.29, 0.717) is 24.7 Å². The minimum absolute atomic E-state index is 0.0498. The number of esters is 1. The molecule has 0 unspecified atom stereocenters. The number of carbonyl (C=O) groups excluding carboxylic acids is 2. The van der Waals surface area contributed by atoms with E-state index in [1.165, 1.54) is 7.11 Å². The van der Waals surface area contributed by atoms with Gasteiger partial charge in [-0.3, -0.25) is 9.59 Å². The normalized spacial score (nSPS) is 27.9. The van der Waals surface area contributed by atoms with Gasteiger partial charge in [0.15, 0.2) is 0 Å². The zero-order valence-corrected chi connectivity index (χ0v) is 9.08. The van der Waals surface area contributed by atoms with Crippen molar-refractivity contribution in [1.29, 1.82) is 0 Å². The second-order valence-corrected chi connectivity index (χ2v) is 4.32. The van der Waals surface area contributed by atoms with Gasteiger partial charge in [-0.25, -0.2) is 0 Å². The molecular formula is C11H18O3. The molecule has 0 saturated heterocycles. The van der Waals surface area contributed by atoms with Crippen molar-refractivity contribution in [3.05, 3.63) is 0 Å². The Hall–Kier alpha value is -0.860. The van der Waals surface area contributed by atoms with Crippen molar-refractivity contribution in [2.75, 3.05) is 7.11 Å². The zero-order valence-electron chi connectivity index (χ0n) is 9.08. The van der Waals surface area contributed by atoms with Crippen molar-refractivity contribution >= 4 is 11.8 Å². The molecule has 0 aromatic heterocycles. The summed E-state index contributed by atoms with van der Waals surface area (Å²) < 4.78 is 4.63. The van der Waals surface area contributed by atoms with Crippen LogP contribution in [0.2, 0.25) is 0 Å². The number of hydrogen-bond acceptors (Lipinski definition) is 3. The molecule has 0 aromatic carbocycles. The lowest BCUT2D eigenvalue weighted by molar-refractivity contribution is -0.151. The number of hydrogen-bond donors (Lipinski definition) is 0. The average molecular weight is 198 g/mol. The Bertz CT molecular complexity index is 225. The van der Waals surface area contributed by atoms with E-state index in [1.54, 1.807) is 0 Å². The summed E-state index contributed by atoms with van der Waals surface area (Å²) in [5.74, 6) is 0.210. The van der Waals surface area contributed by atoms with Crippen LogP contribution >= 0.6 is 0 Å². The molecule has 0 radical (unpaired) electrons. The highest BCUT2D eigenvalue weighted by Gasteiger charge is 2.35. The third kappa shape index (κ3) is 2.34. The summed E-state index contributed by atoms with van der Waals surface area (Å²) in [5, 5.41) is 0. The zero-order chi connectivity index (χ0) is 10.7. The summed E-state index contributed by atoms with van der Waals surface area (Å²) in [6.07, 6.45) is 2.12. The van der Waals surface area contributed by atoms with Crippen molar-refractivity contribution < 1.29 is 14.3 Å². The first-order valence-corrected chi connectivity index (χ1v) is 5.16. The van der Waals surface area contributed by atoms with Gasteiger partial charge in [-0.15, -0.1) is 0 Å². The Labute approximate surface area is 84.8 Å². The smallest absolute Gasteiger partial charge is 0.316 e. The topological polar surface area (TPSA) is 43.4 Å². The third-order valence-corrected chi connectivity index (χ3v) is 3.12. The second kappa shape index (κ2) is 4.58. The Kier molecular flexibility index (Phi) is 3.67. The number of methoxy groups -OCH3 is 1. The maximum atomic E-state index is 11.5. The predicted molar refractivity (Wildman–Crippen MR) is 52.7 cm³/mol. The van der Waals surface area contributed by atoms with Crippen molar-refractivity contribution in [3.63, 3.8) is 0 Å². The number of rotatable bonds is 2. The molecule has 1 rings (SSSR count). The lowest BCUT2D eigenvalue weighted by Crippen LogP contribution is -2.33. The maximum Gasteiger partial charge on any atom is 0.316 e. The minimum Gasteiger partial charge on any atom is -0.468 e. The van der Waals surface area contributed by atoms with Gasteiger partial charge in [-0.1, -0.05) is 13.8 Å². The van der Waals surface area contributed by atoms with E-state index < -0.39 is 5.92 Å². The molecule has 0 heterocycles. The third-order valence-electron chi connectivity index (χ3n) is 3.12. The molecule has 0 amide bonds. The van der Waals surface area contributed by atoms with E-state index in [4.69, 9.17) is 0 Å². The molecule has 80 valence electrons. The van der Waals surface area contributed by atoms with Crippen LogP contribution in [0.25, 0.3) is 0 Å². The predicted octanol–water partition coefficient (Wildman–Crippen LogP) is 1.80. The van der Waals surface area contributed by atoms with Gasteiger partial charge in [0, 0.05) is 6.42 Å². The molecule has 1 fully saturated rings. The summed E-state index contributed by atoms with van der Waals surface area (Å²) in [7, 11) is 1.34. The first-order valence-electron chi connectivity index (χ1n) is 5.16. The van der Waals surface area contributed by atoms with Gasteiger partial charge >= 0.3 is 5.97 Å². The van der Waals surface area contributed by atoms with Crippen LogP contribution in [0.1, 0.15) is 33.1 Å². The summed E-state index contributed by atoms with van der Waals surface area (Å²) >= 11 is 0. The molecule has 0 spiro atoms. The van der Waals surface area contributed by atoms with Crippen LogP contribution in [0.15, 0.2) is 0 Å². The fraction of sp³-hybridized carbons (Fsp3) is 0.818. The number of ketones is 1. The van der Waals surface area contributed by atoms with E-state index >= 15 is 0 Å². The summed E-state index contributed by atoms with van der Waals surface area (Å²) in [5.41, 5.74) is 0. The molecule has 3 nitrogen and oxygen atoms in total. The SMILES string of the molecule is COC(=O)[C@@H]1C[C@H](C(C)C)CCC1=O. The number of ether oxygens (including phenoxy) is 1. The Morgan fingerprint density at radius 1 is 1.50 bits per heavy atom. The molecule has 1 aliphatic carbocycles. The second-order valence-electron chi connectivity index (χ2n) is 4.32. The fourth-order valence-corrected chi connectivity index (χ4v) is 2.03. The molecular weight excluding hydrogens is 180 g/mol. The molecule has 2 atom stereocenters. The van der Waals surface area contributed by atoms with Crippen LogP contribution in [0.4, 0.5) is 0 Å². The number of Topliss-reactive ketones (excluding diaryl/α,β-unsaturated/α-hetero) is 1. The van der Waals surface area contributed by atoms with Crippen LogP contribution in [0.5, 0.6) is 0 Å². The lowest BCUT2D eigenvalue weighted by Gasteiger charge is -2.28. The standard InChI is InChI=1S/C11H18O3/c1-7(2)8-4-5-10(12)9(6-8)11(13)14-3/h7-9H,4-6H2,1-3H3/t8-,9-/m1/s1. The van der Waals surface area contributed by atoms with Crippen molar-refractivity contribution in [3.8, 4) is 0 Å². The minimum atomic E-state index is -0.499. The largest absolute Gasteiger partial charge is 0.468 e. The van der Waals surface area contributed by atoms with Crippen LogP contribution < -0.4 is 0 Å². The van der Waals surface area contributed by atoms with Gasteiger partial charge in [0.05, 0.1) is 7.11 Å². The van der Waals surface area contributed by atoms with Crippen molar-refractivity contribution in [1.82, 2.24) is 0 Å². The molecule has 3 heteroatoms. The monoisotopic (exact) mass is 198 g/mol. The highest BCUT2D eigenvalue weighted by Crippen LogP contribution is 2.32. The molecule has 0 aliphatic heterocycles. The van der Waals surface area contributed by atoms with Gasteiger partial charge in [0.1, 0.15) is 11.7 Å². The Morgan fingerprint density at radius 2 is 2.14 bits per heavy atom. The van der Waals surface area contributed by atoms with E-state index in [-0.39, 0.29) is 11.8 Å². The van der Waals surface area contributed by atoms with Crippen LogP contribution in [-0.4, -0.2) is 18.9 Å². The van der Waals surface area contributed by atoms with Gasteiger partial charge < -0.3 is 4.74 Å². The fourth-order valence-electron chi connectivity index (χ4n) is 2.03. The van der Waals surface area contributed by atoms with Gasteiger partial charge in [-0.05, 0) is 24.7 Å². The molecule has 1 aliphatic rings. The molecule has 0 aromatic rings. The molecule has 0 N–H and O–H groups in total. The number of carbonyl (C=O) groups is 2. The quantitative estimate of drug-likeness (QED) is 0.502. The van der Waals surface area contributed by atoms with E-state index in [0.717, 1.165) is 6.42 Å². The van der Waals surface area contributed by atoms with Crippen LogP contribution in [0, 0.1) is 17.8 Å². The lowest BCUT2D eigenvalue weighted by atomic mass is 9.75. The first-order chi connectivity index (χ1) is 6.56. The van der Waals surface area contributed by atoms with Gasteiger partial charge in [0.25, 0.3) is 0 Å². The molecule has 0 bridgehead atoms. The van der Waals surface area contributed by atoms with Crippen LogP contribution in [0.3, 0.4) is 0 Å². The first kappa shape index (κ1) is 11.2. The van der Waals surface area contributed by atoms with Crippen molar-refractivity contribution in [2.24, 2.45) is 17.8 Å². The van der Waals surface area contributed by atoms with E-state index in [2.05, 4.69) is 18.6 Å². The highest BCUT2D eigenvalue weighted by molar-refractivity contribution is 5.99. The van der Waals surface area contributed by atoms with E-state index in [9.17, 15) is 9.59 Å². The average Bonchev–Trinajstić information content (AvgIpc) is 2.17. The molecule has 1 saturated carbocycles. The highest BCUT2D eigenvalue weighted by atomic mass is 16.5. The maximum absolute atomic E-state index is 11.5. The Morgan fingerprint density at radius 3 is 2.64 bits per heavy atom. The van der Waals surface area contributed by atoms with Crippen molar-refractivity contribution in [2.45, 2.75) is 33.1 Å². The van der Waals surface area contributed by atoms with Gasteiger partial charge in [0.2, 0.25) is 0 Å². The summed E-state index contributed by atoms with van der Waals surface area (Å²) in [6.45, 7) is 4.27.